The number of benzene rings is 4. The first-order valence-corrected chi connectivity index (χ1v) is 10.3. The third-order valence-electron chi connectivity index (χ3n) is 6.02. The second-order valence-electron chi connectivity index (χ2n) is 7.99. The number of nitrogens with zero attached hydrogens (tertiary/aromatic N) is 1. The van der Waals surface area contributed by atoms with Gasteiger partial charge in [-0.1, -0.05) is 36.4 Å². The zero-order valence-corrected chi connectivity index (χ0v) is 17.0. The van der Waals surface area contributed by atoms with Gasteiger partial charge >= 0.3 is 0 Å². The molecule has 0 radical (unpaired) electrons. The third kappa shape index (κ3) is 2.85. The Labute approximate surface area is 184 Å². The molecule has 5 N–H and O–H groups in total. The SMILES string of the molecule is Oc1ccc(C2(c3ccc(O)cc3)Nc3ccc(-c4ccc5[nH]cnc5c4)cc3N2)cc1. The summed E-state index contributed by atoms with van der Waals surface area (Å²) in [7, 11) is 0. The van der Waals surface area contributed by atoms with Gasteiger partial charge in [0.25, 0.3) is 0 Å². The Morgan fingerprint density at radius 3 is 1.91 bits per heavy atom. The first-order valence-electron chi connectivity index (χ1n) is 10.3. The second-order valence-corrected chi connectivity index (χ2v) is 7.99. The molecule has 0 unspecified atom stereocenters. The quantitative estimate of drug-likeness (QED) is 0.270. The molecule has 6 rings (SSSR count). The summed E-state index contributed by atoms with van der Waals surface area (Å²) in [6, 6.07) is 26.7. The van der Waals surface area contributed by atoms with Crippen molar-refractivity contribution >= 4 is 22.4 Å². The van der Waals surface area contributed by atoms with E-state index in [0.717, 1.165) is 44.7 Å². The minimum Gasteiger partial charge on any atom is -0.508 e. The van der Waals surface area contributed by atoms with Gasteiger partial charge in [0, 0.05) is 11.1 Å². The largest absolute Gasteiger partial charge is 0.508 e. The fraction of sp³-hybridized carbons (Fsp3) is 0.0385. The number of phenolic OH excluding ortho intramolecular Hbond substituents is 2. The van der Waals surface area contributed by atoms with Crippen LogP contribution in [-0.4, -0.2) is 20.2 Å². The van der Waals surface area contributed by atoms with E-state index in [0.29, 0.717) is 0 Å². The normalized spacial score (nSPS) is 14.0. The number of aromatic hydroxyl groups is 2. The summed E-state index contributed by atoms with van der Waals surface area (Å²) in [4.78, 5) is 7.50. The molecule has 32 heavy (non-hydrogen) atoms. The molecule has 156 valence electrons. The van der Waals surface area contributed by atoms with Crippen molar-refractivity contribution in [3.63, 3.8) is 0 Å². The van der Waals surface area contributed by atoms with Crippen molar-refractivity contribution in [2.24, 2.45) is 0 Å². The number of nitrogens with one attached hydrogen (secondary N) is 3. The van der Waals surface area contributed by atoms with E-state index in [1.807, 2.05) is 30.3 Å². The monoisotopic (exact) mass is 420 g/mol. The molecule has 0 saturated carbocycles. The zero-order valence-electron chi connectivity index (χ0n) is 17.0. The van der Waals surface area contributed by atoms with E-state index in [2.05, 4.69) is 50.9 Å². The Morgan fingerprint density at radius 2 is 1.22 bits per heavy atom. The van der Waals surface area contributed by atoms with Crippen LogP contribution < -0.4 is 10.6 Å². The molecule has 0 bridgehead atoms. The molecule has 1 aliphatic rings. The van der Waals surface area contributed by atoms with Gasteiger partial charge in [0.2, 0.25) is 0 Å². The van der Waals surface area contributed by atoms with Crippen LogP contribution in [-0.2, 0) is 5.66 Å². The number of anilines is 2. The van der Waals surface area contributed by atoms with Crippen LogP contribution in [0.15, 0.2) is 91.3 Å². The highest BCUT2D eigenvalue weighted by Crippen LogP contribution is 2.45. The highest BCUT2D eigenvalue weighted by Gasteiger charge is 2.40. The highest BCUT2D eigenvalue weighted by atomic mass is 16.3. The third-order valence-corrected chi connectivity index (χ3v) is 6.02. The molecule has 6 nitrogen and oxygen atoms in total. The van der Waals surface area contributed by atoms with Gasteiger partial charge in [-0.3, -0.25) is 0 Å². The van der Waals surface area contributed by atoms with Crippen LogP contribution in [0, 0.1) is 0 Å². The van der Waals surface area contributed by atoms with E-state index < -0.39 is 5.66 Å². The fourth-order valence-corrected chi connectivity index (χ4v) is 4.36. The second kappa shape index (κ2) is 6.78. The van der Waals surface area contributed by atoms with E-state index >= 15 is 0 Å². The maximum Gasteiger partial charge on any atom is 0.161 e. The molecule has 2 heterocycles. The molecule has 0 spiro atoms. The van der Waals surface area contributed by atoms with Gasteiger partial charge in [-0.05, 0) is 59.7 Å². The van der Waals surface area contributed by atoms with Gasteiger partial charge < -0.3 is 25.8 Å². The number of imidazole rings is 1. The molecule has 1 aromatic heterocycles. The van der Waals surface area contributed by atoms with Gasteiger partial charge in [-0.15, -0.1) is 0 Å². The number of fused-ring (bicyclic) bond motifs is 2. The maximum atomic E-state index is 9.80. The van der Waals surface area contributed by atoms with Crippen molar-refractivity contribution in [1.82, 2.24) is 9.97 Å². The molecular formula is C26H20N4O2. The lowest BCUT2D eigenvalue weighted by Crippen LogP contribution is -2.39. The van der Waals surface area contributed by atoms with E-state index in [1.54, 1.807) is 30.6 Å². The van der Waals surface area contributed by atoms with Crippen molar-refractivity contribution in [3.8, 4) is 22.6 Å². The van der Waals surface area contributed by atoms with Crippen LogP contribution in [0.1, 0.15) is 11.1 Å². The van der Waals surface area contributed by atoms with Gasteiger partial charge in [-0.2, -0.15) is 0 Å². The molecule has 4 aromatic carbocycles. The smallest absolute Gasteiger partial charge is 0.161 e. The zero-order chi connectivity index (χ0) is 21.7. The van der Waals surface area contributed by atoms with Gasteiger partial charge in [0.1, 0.15) is 11.5 Å². The standard InChI is InChI=1S/C26H20N4O2/c31-20-7-3-18(4-8-20)26(19-5-9-21(32)10-6-19)29-23-12-2-17(14-25(23)30-26)16-1-11-22-24(13-16)28-15-27-22/h1-15,29-32H,(H,27,28). The Kier molecular flexibility index (Phi) is 3.89. The van der Waals surface area contributed by atoms with Crippen molar-refractivity contribution < 1.29 is 10.2 Å². The van der Waals surface area contributed by atoms with E-state index in [-0.39, 0.29) is 11.5 Å². The highest BCUT2D eigenvalue weighted by molar-refractivity contribution is 5.87. The number of hydrogen-bond acceptors (Lipinski definition) is 5. The van der Waals surface area contributed by atoms with Gasteiger partial charge in [0.05, 0.1) is 28.7 Å². The molecule has 5 aromatic rings. The van der Waals surface area contributed by atoms with E-state index in [4.69, 9.17) is 0 Å². The van der Waals surface area contributed by atoms with Crippen LogP contribution in [0.2, 0.25) is 0 Å². The minimum atomic E-state index is -0.742. The van der Waals surface area contributed by atoms with Gasteiger partial charge in [0.15, 0.2) is 5.66 Å². The minimum absolute atomic E-state index is 0.209. The number of aromatic nitrogens is 2. The molecule has 1 aliphatic heterocycles. The Bertz CT molecular complexity index is 1390. The molecule has 0 atom stereocenters. The summed E-state index contributed by atoms with van der Waals surface area (Å²) in [5.74, 6) is 0.419. The summed E-state index contributed by atoms with van der Waals surface area (Å²) in [6.07, 6.45) is 1.70. The first-order chi connectivity index (χ1) is 15.6. The number of phenols is 2. The summed E-state index contributed by atoms with van der Waals surface area (Å²) >= 11 is 0. The molecule has 0 fully saturated rings. The number of aromatic amines is 1. The molecule has 0 saturated heterocycles. The Hall–Kier alpha value is -4.45. The van der Waals surface area contributed by atoms with Crippen molar-refractivity contribution in [2.75, 3.05) is 10.6 Å². The van der Waals surface area contributed by atoms with Crippen LogP contribution in [0.5, 0.6) is 11.5 Å². The number of hydrogen-bond donors (Lipinski definition) is 5. The summed E-state index contributed by atoms with van der Waals surface area (Å²) in [5, 5.41) is 26.9. The number of rotatable bonds is 3. The van der Waals surface area contributed by atoms with E-state index in [9.17, 15) is 10.2 Å². The average Bonchev–Trinajstić information content (AvgIpc) is 3.44. The fourth-order valence-electron chi connectivity index (χ4n) is 4.36. The Balaban J connectivity index is 1.45. The molecular weight excluding hydrogens is 400 g/mol. The predicted octanol–water partition coefficient (Wildman–Crippen LogP) is 5.38. The van der Waals surface area contributed by atoms with Crippen molar-refractivity contribution in [1.29, 1.82) is 0 Å². The van der Waals surface area contributed by atoms with Crippen LogP contribution in [0.25, 0.3) is 22.2 Å². The summed E-state index contributed by atoms with van der Waals surface area (Å²) < 4.78 is 0. The molecule has 6 heteroatoms. The van der Waals surface area contributed by atoms with E-state index in [1.165, 1.54) is 0 Å². The van der Waals surface area contributed by atoms with Crippen LogP contribution in [0.4, 0.5) is 11.4 Å². The van der Waals surface area contributed by atoms with Crippen LogP contribution >= 0.6 is 0 Å². The summed E-state index contributed by atoms with van der Waals surface area (Å²) in [6.45, 7) is 0. The summed E-state index contributed by atoms with van der Waals surface area (Å²) in [5.41, 5.74) is 7.17. The predicted molar refractivity (Wildman–Crippen MR) is 126 cm³/mol. The lowest BCUT2D eigenvalue weighted by molar-refractivity contribution is 0.474. The van der Waals surface area contributed by atoms with Crippen LogP contribution in [0.3, 0.4) is 0 Å². The average molecular weight is 420 g/mol. The Morgan fingerprint density at radius 1 is 0.625 bits per heavy atom. The topological polar surface area (TPSA) is 93.2 Å². The van der Waals surface area contributed by atoms with Crippen molar-refractivity contribution in [2.45, 2.75) is 5.66 Å². The first kappa shape index (κ1) is 18.3. The van der Waals surface area contributed by atoms with Crippen molar-refractivity contribution in [3.05, 3.63) is 102 Å². The molecule has 0 amide bonds. The lowest BCUT2D eigenvalue weighted by Gasteiger charge is -2.32. The number of H-pyrrole nitrogens is 1. The van der Waals surface area contributed by atoms with Gasteiger partial charge in [-0.25, -0.2) is 4.98 Å². The molecule has 0 aliphatic carbocycles. The lowest BCUT2D eigenvalue weighted by atomic mass is 9.91. The maximum absolute atomic E-state index is 9.80.